The van der Waals surface area contributed by atoms with E-state index in [4.69, 9.17) is 18.7 Å². The first-order valence-corrected chi connectivity index (χ1v) is 10.8. The normalized spacial score (nSPS) is 10.9. The van der Waals surface area contributed by atoms with Crippen LogP contribution in [-0.2, 0) is 4.79 Å². The van der Waals surface area contributed by atoms with Crippen LogP contribution in [0.25, 0.3) is 6.08 Å². The lowest BCUT2D eigenvalue weighted by atomic mass is 10.1. The first kappa shape index (κ1) is 23.9. The van der Waals surface area contributed by atoms with Crippen LogP contribution in [0.15, 0.2) is 57.0 Å². The quantitative estimate of drug-likeness (QED) is 0.243. The second-order valence-electron chi connectivity index (χ2n) is 6.94. The van der Waals surface area contributed by atoms with E-state index in [9.17, 15) is 10.1 Å². The molecule has 0 bridgehead atoms. The lowest BCUT2D eigenvalue weighted by Gasteiger charge is -2.14. The molecule has 0 aliphatic rings. The fourth-order valence-electron chi connectivity index (χ4n) is 2.90. The molecule has 8 nitrogen and oxygen atoms in total. The molecule has 0 atom stereocenters. The number of anilines is 1. The van der Waals surface area contributed by atoms with Crippen LogP contribution in [0.3, 0.4) is 0 Å². The Bertz CT molecular complexity index is 1210. The Kier molecular flexibility index (Phi) is 8.11. The highest BCUT2D eigenvalue weighted by atomic mass is 79.9. The van der Waals surface area contributed by atoms with Crippen molar-refractivity contribution in [2.75, 3.05) is 25.6 Å². The average molecular weight is 512 g/mol. The third kappa shape index (κ3) is 6.37. The van der Waals surface area contributed by atoms with E-state index in [1.54, 1.807) is 25.1 Å². The SMILES string of the molecule is COc1cc(/C=C(/C#N)C(=O)Nc2cc(C)on2)cc(Br)c1OCCOc1ccccc1C. The summed E-state index contributed by atoms with van der Waals surface area (Å²) in [5.41, 5.74) is 1.51. The fraction of sp³-hybridized carbons (Fsp3) is 0.208. The van der Waals surface area contributed by atoms with Crippen molar-refractivity contribution >= 4 is 33.7 Å². The van der Waals surface area contributed by atoms with Crippen LogP contribution in [0, 0.1) is 25.2 Å². The summed E-state index contributed by atoms with van der Waals surface area (Å²) in [6.07, 6.45) is 1.45. The molecule has 0 radical (unpaired) electrons. The summed E-state index contributed by atoms with van der Waals surface area (Å²) in [6, 6.07) is 14.6. The second-order valence-corrected chi connectivity index (χ2v) is 7.80. The van der Waals surface area contributed by atoms with Crippen LogP contribution in [0.2, 0.25) is 0 Å². The van der Waals surface area contributed by atoms with Gasteiger partial charge in [-0.25, -0.2) is 0 Å². The molecule has 9 heteroatoms. The number of carbonyl (C=O) groups is 1. The van der Waals surface area contributed by atoms with Crippen molar-refractivity contribution in [1.82, 2.24) is 5.16 Å². The Morgan fingerprint density at radius 3 is 2.61 bits per heavy atom. The molecule has 0 saturated heterocycles. The highest BCUT2D eigenvalue weighted by Gasteiger charge is 2.15. The van der Waals surface area contributed by atoms with Gasteiger partial charge in [0.1, 0.15) is 36.4 Å². The monoisotopic (exact) mass is 511 g/mol. The molecule has 0 spiro atoms. The van der Waals surface area contributed by atoms with Crippen molar-refractivity contribution in [1.29, 1.82) is 5.26 Å². The molecule has 3 aromatic rings. The van der Waals surface area contributed by atoms with Gasteiger partial charge in [-0.05, 0) is 65.2 Å². The number of hydrogen-bond donors (Lipinski definition) is 1. The summed E-state index contributed by atoms with van der Waals surface area (Å²) < 4.78 is 22.6. The molecule has 1 N–H and O–H groups in total. The number of nitrogens with zero attached hydrogens (tertiary/aromatic N) is 2. The van der Waals surface area contributed by atoms with Crippen LogP contribution >= 0.6 is 15.9 Å². The molecule has 3 rings (SSSR count). The van der Waals surface area contributed by atoms with Crippen molar-refractivity contribution in [3.63, 3.8) is 0 Å². The van der Waals surface area contributed by atoms with Crippen LogP contribution in [-0.4, -0.2) is 31.4 Å². The number of halogens is 1. The Hall–Kier alpha value is -3.77. The van der Waals surface area contributed by atoms with Gasteiger partial charge in [0.25, 0.3) is 5.91 Å². The number of para-hydroxylation sites is 1. The van der Waals surface area contributed by atoms with E-state index >= 15 is 0 Å². The van der Waals surface area contributed by atoms with E-state index in [2.05, 4.69) is 26.4 Å². The number of carbonyl (C=O) groups excluding carboxylic acids is 1. The number of nitriles is 1. The molecule has 1 heterocycles. The Balaban J connectivity index is 1.70. The standard InChI is InChI=1S/C24H22BrN3O5/c1-15-6-4-5-7-20(15)31-8-9-32-23-19(25)12-17(13-21(23)30-3)11-18(14-26)24(29)27-22-10-16(2)33-28-22/h4-7,10-13H,8-9H2,1-3H3,(H,27,28,29)/b18-11-. The molecule has 170 valence electrons. The predicted molar refractivity (Wildman–Crippen MR) is 126 cm³/mol. The number of rotatable bonds is 9. The van der Waals surface area contributed by atoms with Crippen LogP contribution < -0.4 is 19.5 Å². The minimum atomic E-state index is -0.602. The van der Waals surface area contributed by atoms with Crippen molar-refractivity contribution in [2.24, 2.45) is 0 Å². The van der Waals surface area contributed by atoms with Crippen LogP contribution in [0.4, 0.5) is 5.82 Å². The van der Waals surface area contributed by atoms with Gasteiger partial charge in [0.2, 0.25) is 0 Å². The molecule has 0 aliphatic carbocycles. The Morgan fingerprint density at radius 2 is 1.94 bits per heavy atom. The van der Waals surface area contributed by atoms with Gasteiger partial charge in [-0.15, -0.1) is 0 Å². The van der Waals surface area contributed by atoms with Crippen LogP contribution in [0.5, 0.6) is 17.2 Å². The third-order valence-electron chi connectivity index (χ3n) is 4.48. The topological polar surface area (TPSA) is 107 Å². The maximum atomic E-state index is 12.4. The van der Waals surface area contributed by atoms with E-state index in [1.165, 1.54) is 13.2 Å². The zero-order valence-corrected chi connectivity index (χ0v) is 19.9. The lowest BCUT2D eigenvalue weighted by molar-refractivity contribution is -0.112. The molecule has 0 fully saturated rings. The van der Waals surface area contributed by atoms with E-state index in [0.29, 0.717) is 40.5 Å². The molecule has 1 amide bonds. The number of nitrogens with one attached hydrogen (secondary N) is 1. The zero-order chi connectivity index (χ0) is 23.8. The third-order valence-corrected chi connectivity index (χ3v) is 5.07. The molecule has 33 heavy (non-hydrogen) atoms. The van der Waals surface area contributed by atoms with Gasteiger partial charge in [-0.3, -0.25) is 4.79 Å². The van der Waals surface area contributed by atoms with Gasteiger partial charge in [-0.1, -0.05) is 23.4 Å². The van der Waals surface area contributed by atoms with Gasteiger partial charge >= 0.3 is 0 Å². The van der Waals surface area contributed by atoms with E-state index < -0.39 is 5.91 Å². The van der Waals surface area contributed by atoms with E-state index in [1.807, 2.05) is 37.3 Å². The van der Waals surface area contributed by atoms with Gasteiger partial charge in [0.15, 0.2) is 17.3 Å². The molecule has 0 saturated carbocycles. The van der Waals surface area contributed by atoms with Crippen LogP contribution in [0.1, 0.15) is 16.9 Å². The number of methoxy groups -OCH3 is 1. The molecular weight excluding hydrogens is 490 g/mol. The van der Waals surface area contributed by atoms with Crippen molar-refractivity contribution in [3.05, 3.63) is 69.4 Å². The smallest absolute Gasteiger partial charge is 0.267 e. The van der Waals surface area contributed by atoms with Crippen molar-refractivity contribution in [3.8, 4) is 23.3 Å². The molecule has 0 aliphatic heterocycles. The molecular formula is C24H22BrN3O5. The largest absolute Gasteiger partial charge is 0.493 e. The highest BCUT2D eigenvalue weighted by molar-refractivity contribution is 9.10. The number of aromatic nitrogens is 1. The van der Waals surface area contributed by atoms with Crippen molar-refractivity contribution < 1.29 is 23.5 Å². The predicted octanol–water partition coefficient (Wildman–Crippen LogP) is 5.07. The highest BCUT2D eigenvalue weighted by Crippen LogP contribution is 2.37. The summed E-state index contributed by atoms with van der Waals surface area (Å²) in [7, 11) is 1.51. The summed E-state index contributed by atoms with van der Waals surface area (Å²) in [5, 5.41) is 15.7. The van der Waals surface area contributed by atoms with Crippen molar-refractivity contribution in [2.45, 2.75) is 13.8 Å². The molecule has 0 unspecified atom stereocenters. The maximum Gasteiger partial charge on any atom is 0.267 e. The summed E-state index contributed by atoms with van der Waals surface area (Å²) >= 11 is 3.47. The van der Waals surface area contributed by atoms with Gasteiger partial charge in [-0.2, -0.15) is 5.26 Å². The minimum Gasteiger partial charge on any atom is -0.493 e. The molecule has 1 aromatic heterocycles. The summed E-state index contributed by atoms with van der Waals surface area (Å²) in [5.74, 6) is 1.90. The van der Waals surface area contributed by atoms with Gasteiger partial charge < -0.3 is 24.1 Å². The second kappa shape index (κ2) is 11.2. The minimum absolute atomic E-state index is 0.107. The number of ether oxygens (including phenoxy) is 3. The Labute approximate surface area is 199 Å². The first-order valence-electron chi connectivity index (χ1n) is 9.96. The van der Waals surface area contributed by atoms with E-state index in [0.717, 1.165) is 11.3 Å². The number of benzene rings is 2. The zero-order valence-electron chi connectivity index (χ0n) is 18.3. The lowest BCUT2D eigenvalue weighted by Crippen LogP contribution is -2.13. The number of aryl methyl sites for hydroxylation is 2. The van der Waals surface area contributed by atoms with E-state index in [-0.39, 0.29) is 11.4 Å². The average Bonchev–Trinajstić information content (AvgIpc) is 3.21. The van der Waals surface area contributed by atoms with Gasteiger partial charge in [0.05, 0.1) is 11.6 Å². The van der Waals surface area contributed by atoms with Gasteiger partial charge in [0, 0.05) is 6.07 Å². The molecule has 2 aromatic carbocycles. The summed E-state index contributed by atoms with van der Waals surface area (Å²) in [4.78, 5) is 12.4. The number of hydrogen-bond acceptors (Lipinski definition) is 7. The Morgan fingerprint density at radius 1 is 1.18 bits per heavy atom. The maximum absolute atomic E-state index is 12.4. The first-order chi connectivity index (χ1) is 15.9. The fourth-order valence-corrected chi connectivity index (χ4v) is 3.48. The number of amides is 1. The summed E-state index contributed by atoms with van der Waals surface area (Å²) in [6.45, 7) is 4.32.